The molecule has 56 heavy (non-hydrogen) atoms. The SMILES string of the molecule is CC[C@H](O)CCc1ncc(-c2ccc3c(c2)CC[C@H]([C@](C)(O/N=C(\C(=O)N[C@@H]2C(=O)N(OS(=O)(=O)O)C2(C)C)c2csc(N)n2)C(=O)O)O3)c[n+]1CC1CNC1. The van der Waals surface area contributed by atoms with E-state index in [1.807, 2.05) is 25.3 Å². The van der Waals surface area contributed by atoms with E-state index in [2.05, 4.69) is 35.8 Å². The van der Waals surface area contributed by atoms with Gasteiger partial charge in [-0.3, -0.25) is 14.1 Å². The minimum atomic E-state index is -5.04. The van der Waals surface area contributed by atoms with Crippen molar-refractivity contribution >= 4 is 50.4 Å². The van der Waals surface area contributed by atoms with Gasteiger partial charge in [-0.2, -0.15) is 13.5 Å². The Morgan fingerprint density at radius 2 is 2.05 bits per heavy atom. The number of nitrogens with two attached hydrogens (primary N) is 1. The average Bonchev–Trinajstić information content (AvgIpc) is 3.57. The number of carboxylic acid groups (broad SMARTS) is 1. The molecule has 3 aliphatic rings. The molecule has 5 heterocycles. The Hall–Kier alpha value is -4.80. The number of hydroxylamine groups is 2. The number of carbonyl (C=O) groups is 3. The van der Waals surface area contributed by atoms with Crippen molar-refractivity contribution in [1.29, 1.82) is 0 Å². The van der Waals surface area contributed by atoms with Gasteiger partial charge in [0.25, 0.3) is 23.2 Å². The van der Waals surface area contributed by atoms with Crippen molar-refractivity contribution in [3.63, 3.8) is 0 Å². The Bertz CT molecular complexity index is 2140. The van der Waals surface area contributed by atoms with Crippen LogP contribution in [-0.4, -0.2) is 104 Å². The number of hydrogen-bond acceptors (Lipinski definition) is 15. The molecule has 2 aromatic heterocycles. The summed E-state index contributed by atoms with van der Waals surface area (Å²) in [5, 5.41) is 32.1. The van der Waals surface area contributed by atoms with Gasteiger partial charge in [0.2, 0.25) is 0 Å². The van der Waals surface area contributed by atoms with Crippen molar-refractivity contribution in [2.45, 2.75) is 95.7 Å². The number of oxime groups is 1. The van der Waals surface area contributed by atoms with Crippen LogP contribution in [0.15, 0.2) is 41.1 Å². The number of nitrogen functional groups attached to an aromatic ring is 1. The zero-order valence-corrected chi connectivity index (χ0v) is 32.8. The van der Waals surface area contributed by atoms with E-state index in [4.69, 9.17) is 24.8 Å². The van der Waals surface area contributed by atoms with E-state index in [1.54, 1.807) is 6.07 Å². The smallest absolute Gasteiger partial charge is 0.418 e. The van der Waals surface area contributed by atoms with Gasteiger partial charge in [-0.15, -0.1) is 15.6 Å². The van der Waals surface area contributed by atoms with Gasteiger partial charge >= 0.3 is 16.4 Å². The molecule has 4 atom stereocenters. The molecule has 0 radical (unpaired) electrons. The summed E-state index contributed by atoms with van der Waals surface area (Å²) in [6, 6.07) is 4.27. The summed E-state index contributed by atoms with van der Waals surface area (Å²) in [6.07, 6.45) is 5.03. The van der Waals surface area contributed by atoms with Gasteiger partial charge in [-0.1, -0.05) is 23.1 Å². The molecular formula is C35H45N8O11S2+. The number of benzene rings is 1. The van der Waals surface area contributed by atoms with Crippen molar-refractivity contribution in [3.05, 3.63) is 53.1 Å². The molecule has 19 nitrogen and oxygen atoms in total. The van der Waals surface area contributed by atoms with Gasteiger partial charge in [0.05, 0.1) is 30.2 Å². The number of aryl methyl sites for hydroxylation is 2. The summed E-state index contributed by atoms with van der Waals surface area (Å²) in [4.78, 5) is 53.6. The van der Waals surface area contributed by atoms with Crippen molar-refractivity contribution in [2.75, 3.05) is 18.8 Å². The van der Waals surface area contributed by atoms with Crippen molar-refractivity contribution < 1.29 is 56.0 Å². The second kappa shape index (κ2) is 16.0. The molecule has 302 valence electrons. The van der Waals surface area contributed by atoms with Crippen LogP contribution in [0.1, 0.15) is 64.0 Å². The van der Waals surface area contributed by atoms with Crippen LogP contribution in [0.5, 0.6) is 5.75 Å². The third-order valence-corrected chi connectivity index (χ3v) is 11.3. The predicted molar refractivity (Wildman–Crippen MR) is 199 cm³/mol. The summed E-state index contributed by atoms with van der Waals surface area (Å²) in [7, 11) is -5.04. The first kappa shape index (κ1) is 40.9. The van der Waals surface area contributed by atoms with Crippen LogP contribution in [0.2, 0.25) is 0 Å². The Labute approximate surface area is 326 Å². The Morgan fingerprint density at radius 1 is 1.30 bits per heavy atom. The highest BCUT2D eigenvalue weighted by atomic mass is 32.3. The summed E-state index contributed by atoms with van der Waals surface area (Å²) in [5.41, 5.74) is 4.28. The summed E-state index contributed by atoms with van der Waals surface area (Å²) in [5.74, 6) is -1.60. The van der Waals surface area contributed by atoms with Crippen molar-refractivity contribution in [2.24, 2.45) is 11.1 Å². The lowest BCUT2D eigenvalue weighted by Crippen LogP contribution is -2.76. The van der Waals surface area contributed by atoms with Crippen LogP contribution >= 0.6 is 11.3 Å². The molecule has 0 aliphatic carbocycles. The molecule has 3 aromatic rings. The molecule has 1 aromatic carbocycles. The van der Waals surface area contributed by atoms with Gasteiger partial charge in [0.1, 0.15) is 23.7 Å². The molecule has 2 fully saturated rings. The number of aliphatic hydroxyl groups is 1. The third kappa shape index (κ3) is 8.61. The van der Waals surface area contributed by atoms with E-state index in [0.29, 0.717) is 42.4 Å². The molecule has 7 N–H and O–H groups in total. The molecular weight excluding hydrogens is 773 g/mol. The first-order valence-electron chi connectivity index (χ1n) is 18.0. The highest BCUT2D eigenvalue weighted by Crippen LogP contribution is 2.37. The third-order valence-electron chi connectivity index (χ3n) is 10.3. The standard InChI is InChI=1S/C35H44N8O11S2/c1-5-23(44)8-11-27-38-15-22(17-42(27)16-19-13-37-14-19)20-6-9-25-21(12-20)7-10-26(52-25)35(4,32(47)48)53-41-28(24-18-55-33(36)39-24)30(45)40-29-31(46)43(34(29,2)3)54-56(49,50)51/h6,9,12,15,17-19,23,26,29,37,44H,5,7-8,10-11,13-14,16H2,1-4H3,(H4-,36,39,40,45,47,48,49,50,51)/p+1/b41-28-/t23-,26+,29+,35-/m0/s1. The summed E-state index contributed by atoms with van der Waals surface area (Å²) >= 11 is 0.969. The van der Waals surface area contributed by atoms with Gasteiger partial charge in [-0.25, -0.2) is 14.3 Å². The number of nitrogens with one attached hydrogen (secondary N) is 2. The number of aliphatic hydroxyl groups excluding tert-OH is 1. The van der Waals surface area contributed by atoms with Gasteiger partial charge in [0.15, 0.2) is 23.1 Å². The van der Waals surface area contributed by atoms with Crippen LogP contribution in [-0.2, 0) is 53.3 Å². The average molecular weight is 818 g/mol. The normalized spacial score (nSPS) is 21.1. The van der Waals surface area contributed by atoms with Gasteiger partial charge in [-0.05, 0) is 69.7 Å². The fraction of sp³-hybridized carbons (Fsp3) is 0.514. The summed E-state index contributed by atoms with van der Waals surface area (Å²) < 4.78 is 44.2. The molecule has 0 bridgehead atoms. The fourth-order valence-corrected chi connectivity index (χ4v) is 7.62. The summed E-state index contributed by atoms with van der Waals surface area (Å²) in [6.45, 7) is 8.63. The number of thiazole rings is 1. The second-order valence-electron chi connectivity index (χ2n) is 14.7. The van der Waals surface area contributed by atoms with Crippen LogP contribution in [0.25, 0.3) is 11.1 Å². The van der Waals surface area contributed by atoms with E-state index in [1.165, 1.54) is 26.2 Å². The Balaban J connectivity index is 1.20. The van der Waals surface area contributed by atoms with E-state index in [9.17, 15) is 33.0 Å². The molecule has 6 rings (SSSR count). The minimum absolute atomic E-state index is 0.0601. The number of aliphatic carboxylic acids is 1. The monoisotopic (exact) mass is 817 g/mol. The number of aromatic nitrogens is 3. The highest BCUT2D eigenvalue weighted by molar-refractivity contribution is 7.80. The number of amides is 2. The first-order chi connectivity index (χ1) is 26.4. The van der Waals surface area contributed by atoms with Crippen LogP contribution < -0.4 is 25.7 Å². The van der Waals surface area contributed by atoms with E-state index < -0.39 is 57.2 Å². The number of nitrogens with zero attached hydrogens (tertiary/aromatic N) is 5. The van der Waals surface area contributed by atoms with Crippen LogP contribution in [0.4, 0.5) is 5.13 Å². The maximum absolute atomic E-state index is 13.6. The number of fused-ring (bicyclic) bond motifs is 1. The van der Waals surface area contributed by atoms with Gasteiger partial charge < -0.3 is 36.2 Å². The number of carboxylic acids is 1. The molecule has 0 spiro atoms. The van der Waals surface area contributed by atoms with Crippen LogP contribution in [0, 0.1) is 5.92 Å². The fourth-order valence-electron chi connectivity index (χ4n) is 6.62. The maximum Gasteiger partial charge on any atom is 0.418 e. The zero-order valence-electron chi connectivity index (χ0n) is 31.2. The quantitative estimate of drug-likeness (QED) is 0.0384. The van der Waals surface area contributed by atoms with E-state index in [0.717, 1.165) is 53.5 Å². The molecule has 2 amide bonds. The number of hydrogen-bond donors (Lipinski definition) is 6. The molecule has 0 saturated carbocycles. The highest BCUT2D eigenvalue weighted by Gasteiger charge is 2.58. The number of carbonyl (C=O) groups excluding carboxylic acids is 2. The lowest BCUT2D eigenvalue weighted by Gasteiger charge is -2.50. The maximum atomic E-state index is 13.6. The zero-order chi connectivity index (χ0) is 40.6. The Morgan fingerprint density at radius 3 is 2.66 bits per heavy atom. The minimum Gasteiger partial charge on any atom is -0.485 e. The molecule has 0 unspecified atom stereocenters. The number of β-lactam (4-membered cyclic amide) rings is 1. The van der Waals surface area contributed by atoms with E-state index >= 15 is 0 Å². The first-order valence-corrected chi connectivity index (χ1v) is 20.2. The van der Waals surface area contributed by atoms with Gasteiger partial charge in [0, 0.05) is 24.4 Å². The molecule has 21 heteroatoms. The molecule has 2 saturated heterocycles. The second-order valence-corrected chi connectivity index (χ2v) is 16.6. The number of ether oxygens (including phenoxy) is 1. The van der Waals surface area contributed by atoms with Crippen LogP contribution in [0.3, 0.4) is 0 Å². The molecule has 3 aliphatic heterocycles. The Kier molecular flexibility index (Phi) is 11.7. The number of rotatable bonds is 16. The lowest BCUT2D eigenvalue weighted by atomic mass is 9.84. The van der Waals surface area contributed by atoms with Crippen molar-refractivity contribution in [1.82, 2.24) is 25.7 Å². The largest absolute Gasteiger partial charge is 0.485 e. The topological polar surface area (TPSA) is 269 Å². The predicted octanol–water partition coefficient (Wildman–Crippen LogP) is 0.796. The van der Waals surface area contributed by atoms with E-state index in [-0.39, 0.29) is 23.4 Å². The van der Waals surface area contributed by atoms with Crippen molar-refractivity contribution in [3.8, 4) is 16.9 Å². The lowest BCUT2D eigenvalue weighted by molar-refractivity contribution is -0.713. The number of anilines is 1.